The van der Waals surface area contributed by atoms with Crippen LogP contribution in [-0.2, 0) is 4.79 Å². The number of anilines is 1. The number of carbonyl (C=O) groups is 1. The minimum Gasteiger partial charge on any atom is -0.497 e. The molecule has 0 aliphatic carbocycles. The van der Waals surface area contributed by atoms with E-state index in [1.165, 1.54) is 0 Å². The first kappa shape index (κ1) is 16.9. The second-order valence-electron chi connectivity index (χ2n) is 5.63. The van der Waals surface area contributed by atoms with E-state index in [0.29, 0.717) is 23.7 Å². The van der Waals surface area contributed by atoms with Crippen molar-refractivity contribution < 1.29 is 19.0 Å². The van der Waals surface area contributed by atoms with E-state index in [0.717, 1.165) is 17.0 Å². The fourth-order valence-electron chi connectivity index (χ4n) is 2.71. The minimum absolute atomic E-state index is 0.0994. The summed E-state index contributed by atoms with van der Waals surface area (Å²) in [7, 11) is 3.36. The number of methoxy groups -OCH3 is 1. The maximum atomic E-state index is 12.8. The highest BCUT2D eigenvalue weighted by molar-refractivity contribution is 6.08. The Kier molecular flexibility index (Phi) is 4.93. The molecule has 1 heterocycles. The van der Waals surface area contributed by atoms with Crippen molar-refractivity contribution in [3.63, 3.8) is 0 Å². The van der Waals surface area contributed by atoms with Crippen LogP contribution >= 0.6 is 0 Å². The lowest BCUT2D eigenvalue weighted by atomic mass is 10.1. The Labute approximate surface area is 147 Å². The Hall–Kier alpha value is -2.95. The van der Waals surface area contributed by atoms with Crippen LogP contribution in [0.4, 0.5) is 5.69 Å². The van der Waals surface area contributed by atoms with Crippen molar-refractivity contribution in [1.29, 1.82) is 0 Å². The van der Waals surface area contributed by atoms with Gasteiger partial charge in [-0.1, -0.05) is 12.1 Å². The molecule has 0 bridgehead atoms. The van der Waals surface area contributed by atoms with Crippen molar-refractivity contribution in [2.75, 3.05) is 32.3 Å². The normalized spacial score (nSPS) is 12.5. The highest BCUT2D eigenvalue weighted by atomic mass is 16.5. The number of hydrogen-bond acceptors (Lipinski definition) is 4. The molecule has 0 spiro atoms. The summed E-state index contributed by atoms with van der Waals surface area (Å²) in [5.74, 6) is 2.04. The molecular formula is C20H21NO4. The standard InChI is InChI=1S/C20H21NO4/c1-4-24-18-7-5-6-14-12-15(13-25-19(14)18)20(22)21(2)16-8-10-17(23-3)11-9-16/h5-12H,4,13H2,1-3H3. The van der Waals surface area contributed by atoms with Gasteiger partial charge in [0.15, 0.2) is 11.5 Å². The summed E-state index contributed by atoms with van der Waals surface area (Å²) in [6, 6.07) is 13.0. The summed E-state index contributed by atoms with van der Waals surface area (Å²) in [6.45, 7) is 2.71. The van der Waals surface area contributed by atoms with Crippen LogP contribution in [-0.4, -0.2) is 33.3 Å². The average molecular weight is 339 g/mol. The van der Waals surface area contributed by atoms with Gasteiger partial charge in [0.25, 0.3) is 5.91 Å². The summed E-state index contributed by atoms with van der Waals surface area (Å²) >= 11 is 0. The molecule has 0 saturated carbocycles. The molecule has 1 amide bonds. The summed E-state index contributed by atoms with van der Waals surface area (Å²) in [6.07, 6.45) is 1.86. The Morgan fingerprint density at radius 1 is 1.20 bits per heavy atom. The molecule has 0 radical (unpaired) electrons. The molecule has 0 aromatic heterocycles. The van der Waals surface area contributed by atoms with Crippen LogP contribution in [0, 0.1) is 0 Å². The van der Waals surface area contributed by atoms with Gasteiger partial charge in [-0.05, 0) is 43.3 Å². The molecule has 5 heteroatoms. The van der Waals surface area contributed by atoms with Crippen LogP contribution in [0.2, 0.25) is 0 Å². The fourth-order valence-corrected chi connectivity index (χ4v) is 2.71. The second-order valence-corrected chi connectivity index (χ2v) is 5.63. The third-order valence-corrected chi connectivity index (χ3v) is 4.05. The van der Waals surface area contributed by atoms with Gasteiger partial charge < -0.3 is 19.1 Å². The van der Waals surface area contributed by atoms with E-state index >= 15 is 0 Å². The van der Waals surface area contributed by atoms with Gasteiger partial charge in [-0.25, -0.2) is 0 Å². The predicted octanol–water partition coefficient (Wildman–Crippen LogP) is 3.53. The van der Waals surface area contributed by atoms with Crippen molar-refractivity contribution in [3.05, 3.63) is 53.6 Å². The van der Waals surface area contributed by atoms with Gasteiger partial charge in [-0.2, -0.15) is 0 Å². The van der Waals surface area contributed by atoms with Gasteiger partial charge in [-0.15, -0.1) is 0 Å². The second kappa shape index (κ2) is 7.30. The SMILES string of the molecule is CCOc1cccc2c1OCC(C(=O)N(C)c1ccc(OC)cc1)=C2. The molecule has 2 aromatic rings. The van der Waals surface area contributed by atoms with Crippen molar-refractivity contribution in [2.45, 2.75) is 6.92 Å². The number of rotatable bonds is 5. The number of amides is 1. The average Bonchev–Trinajstić information content (AvgIpc) is 2.67. The fraction of sp³-hybridized carbons (Fsp3) is 0.250. The molecule has 5 nitrogen and oxygen atoms in total. The van der Waals surface area contributed by atoms with Crippen LogP contribution < -0.4 is 19.1 Å². The molecule has 25 heavy (non-hydrogen) atoms. The smallest absolute Gasteiger partial charge is 0.257 e. The molecule has 0 unspecified atom stereocenters. The summed E-state index contributed by atoms with van der Waals surface area (Å²) in [5.41, 5.74) is 2.24. The molecule has 0 N–H and O–H groups in total. The summed E-state index contributed by atoms with van der Waals surface area (Å²) in [4.78, 5) is 14.4. The third-order valence-electron chi connectivity index (χ3n) is 4.05. The van der Waals surface area contributed by atoms with Gasteiger partial charge in [0.05, 0.1) is 19.3 Å². The first-order valence-corrected chi connectivity index (χ1v) is 8.15. The highest BCUT2D eigenvalue weighted by Crippen LogP contribution is 2.36. The molecule has 130 valence electrons. The number of ether oxygens (including phenoxy) is 3. The predicted molar refractivity (Wildman–Crippen MR) is 97.5 cm³/mol. The number of benzene rings is 2. The zero-order valence-electron chi connectivity index (χ0n) is 14.6. The van der Waals surface area contributed by atoms with Gasteiger partial charge in [0, 0.05) is 18.3 Å². The maximum Gasteiger partial charge on any atom is 0.257 e. The number of likely N-dealkylation sites (N-methyl/N-ethyl adjacent to an activating group) is 1. The van der Waals surface area contributed by atoms with Crippen LogP contribution in [0.5, 0.6) is 17.2 Å². The van der Waals surface area contributed by atoms with E-state index in [1.807, 2.05) is 55.5 Å². The number of carbonyl (C=O) groups excluding carboxylic acids is 1. The lowest BCUT2D eigenvalue weighted by molar-refractivity contribution is -0.115. The Morgan fingerprint density at radius 3 is 2.64 bits per heavy atom. The number of hydrogen-bond donors (Lipinski definition) is 0. The first-order valence-electron chi connectivity index (χ1n) is 8.15. The van der Waals surface area contributed by atoms with Gasteiger partial charge in [0.2, 0.25) is 0 Å². The Morgan fingerprint density at radius 2 is 1.96 bits per heavy atom. The number of fused-ring (bicyclic) bond motifs is 1. The summed E-state index contributed by atoms with van der Waals surface area (Å²) in [5, 5.41) is 0. The number of nitrogens with zero attached hydrogens (tertiary/aromatic N) is 1. The van der Waals surface area contributed by atoms with E-state index in [9.17, 15) is 4.79 Å². The van der Waals surface area contributed by atoms with E-state index < -0.39 is 0 Å². The first-order chi connectivity index (χ1) is 12.1. The van der Waals surface area contributed by atoms with E-state index in [4.69, 9.17) is 14.2 Å². The monoisotopic (exact) mass is 339 g/mol. The Balaban J connectivity index is 1.83. The van der Waals surface area contributed by atoms with Crippen molar-refractivity contribution in [3.8, 4) is 17.2 Å². The third kappa shape index (κ3) is 3.45. The van der Waals surface area contributed by atoms with Gasteiger partial charge in [0.1, 0.15) is 12.4 Å². The van der Waals surface area contributed by atoms with Crippen LogP contribution in [0.25, 0.3) is 6.08 Å². The molecular weight excluding hydrogens is 318 g/mol. The zero-order valence-corrected chi connectivity index (χ0v) is 14.6. The van der Waals surface area contributed by atoms with Crippen molar-refractivity contribution in [1.82, 2.24) is 0 Å². The molecule has 0 atom stereocenters. The summed E-state index contributed by atoms with van der Waals surface area (Å²) < 4.78 is 16.5. The molecule has 0 fully saturated rings. The molecule has 3 rings (SSSR count). The van der Waals surface area contributed by atoms with Gasteiger partial charge in [-0.3, -0.25) is 4.79 Å². The molecule has 1 aliphatic rings. The lowest BCUT2D eigenvalue weighted by Crippen LogP contribution is -2.30. The molecule has 2 aromatic carbocycles. The topological polar surface area (TPSA) is 48.0 Å². The van der Waals surface area contributed by atoms with Crippen LogP contribution in [0.3, 0.4) is 0 Å². The largest absolute Gasteiger partial charge is 0.497 e. The quantitative estimate of drug-likeness (QED) is 0.836. The molecule has 1 aliphatic heterocycles. The van der Waals surface area contributed by atoms with Gasteiger partial charge >= 0.3 is 0 Å². The lowest BCUT2D eigenvalue weighted by Gasteiger charge is -2.23. The van der Waals surface area contributed by atoms with Crippen molar-refractivity contribution in [2.24, 2.45) is 0 Å². The van der Waals surface area contributed by atoms with Crippen LogP contribution in [0.1, 0.15) is 12.5 Å². The minimum atomic E-state index is -0.0994. The number of para-hydroxylation sites is 1. The zero-order chi connectivity index (χ0) is 17.8. The maximum absolute atomic E-state index is 12.8. The molecule has 0 saturated heterocycles. The Bertz CT molecular complexity index is 796. The van der Waals surface area contributed by atoms with E-state index in [1.54, 1.807) is 19.1 Å². The van der Waals surface area contributed by atoms with E-state index in [-0.39, 0.29) is 12.5 Å². The highest BCUT2D eigenvalue weighted by Gasteiger charge is 2.23. The van der Waals surface area contributed by atoms with E-state index in [2.05, 4.69) is 0 Å². The van der Waals surface area contributed by atoms with Crippen LogP contribution in [0.15, 0.2) is 48.0 Å². The van der Waals surface area contributed by atoms with Crippen molar-refractivity contribution >= 4 is 17.7 Å².